The number of nitrogens with zero attached hydrogens (tertiary/aromatic N) is 1. The molecule has 1 rings (SSSR count). The van der Waals surface area contributed by atoms with E-state index in [0.717, 1.165) is 0 Å². The summed E-state index contributed by atoms with van der Waals surface area (Å²) in [5, 5.41) is 10.7. The van der Waals surface area contributed by atoms with Gasteiger partial charge in [-0.15, -0.1) is 0 Å². The molecule has 0 aliphatic rings. The number of non-ortho nitro benzene ring substituents is 1. The fraction of sp³-hybridized carbons (Fsp3) is 0.455. The van der Waals surface area contributed by atoms with Crippen LogP contribution in [0.15, 0.2) is 18.2 Å². The quantitative estimate of drug-likeness (QED) is 0.433. The van der Waals surface area contributed by atoms with E-state index in [0.29, 0.717) is 5.75 Å². The number of ether oxygens (including phenoxy) is 2. The normalized spacial score (nSPS) is 12.8. The van der Waals surface area contributed by atoms with Gasteiger partial charge in [0.1, 0.15) is 0 Å². The van der Waals surface area contributed by atoms with Gasteiger partial charge in [0.2, 0.25) is 9.05 Å². The topological polar surface area (TPSA) is 95.7 Å². The SMILES string of the molecule is COc1ccc([N+](=O)[O-])cc1OCC(C)CS(=O)(=O)Cl. The lowest BCUT2D eigenvalue weighted by Crippen LogP contribution is -2.16. The van der Waals surface area contributed by atoms with Gasteiger partial charge in [-0.1, -0.05) is 6.92 Å². The Morgan fingerprint density at radius 1 is 1.40 bits per heavy atom. The zero-order chi connectivity index (χ0) is 15.3. The first-order valence-electron chi connectivity index (χ1n) is 5.60. The molecule has 1 unspecified atom stereocenters. The molecule has 20 heavy (non-hydrogen) atoms. The van der Waals surface area contributed by atoms with Crippen molar-refractivity contribution < 1.29 is 22.8 Å². The molecule has 0 saturated heterocycles. The maximum Gasteiger partial charge on any atom is 0.273 e. The molecule has 0 aliphatic carbocycles. The minimum atomic E-state index is -3.61. The second-order valence-electron chi connectivity index (χ2n) is 4.21. The number of halogens is 1. The molecular formula is C11H14ClNO6S. The smallest absolute Gasteiger partial charge is 0.273 e. The summed E-state index contributed by atoms with van der Waals surface area (Å²) in [5.74, 6) is -0.0928. The fourth-order valence-electron chi connectivity index (χ4n) is 1.51. The van der Waals surface area contributed by atoms with E-state index in [4.69, 9.17) is 20.2 Å². The summed E-state index contributed by atoms with van der Waals surface area (Å²) in [7, 11) is 2.93. The highest BCUT2D eigenvalue weighted by Gasteiger charge is 2.16. The van der Waals surface area contributed by atoms with Crippen LogP contribution in [0.4, 0.5) is 5.69 Å². The van der Waals surface area contributed by atoms with Crippen molar-refractivity contribution in [1.82, 2.24) is 0 Å². The van der Waals surface area contributed by atoms with Gasteiger partial charge in [0.05, 0.1) is 30.5 Å². The number of hydrogen-bond donors (Lipinski definition) is 0. The number of nitro groups is 1. The van der Waals surface area contributed by atoms with Gasteiger partial charge < -0.3 is 9.47 Å². The Bertz CT molecular complexity index is 589. The third-order valence-corrected chi connectivity index (χ3v) is 3.71. The second kappa shape index (κ2) is 6.76. The van der Waals surface area contributed by atoms with Gasteiger partial charge >= 0.3 is 0 Å². The summed E-state index contributed by atoms with van der Waals surface area (Å²) in [6.07, 6.45) is 0. The maximum absolute atomic E-state index is 10.9. The van der Waals surface area contributed by atoms with Crippen molar-refractivity contribution in [1.29, 1.82) is 0 Å². The Kier molecular flexibility index (Phi) is 5.58. The molecule has 9 heteroatoms. The summed E-state index contributed by atoms with van der Waals surface area (Å²) >= 11 is 0. The van der Waals surface area contributed by atoms with Gasteiger partial charge in [-0.25, -0.2) is 8.42 Å². The van der Waals surface area contributed by atoms with Gasteiger partial charge in [0.25, 0.3) is 5.69 Å². The average Bonchev–Trinajstić information content (AvgIpc) is 2.33. The van der Waals surface area contributed by atoms with Crippen LogP contribution in [0.1, 0.15) is 6.92 Å². The molecule has 0 heterocycles. The van der Waals surface area contributed by atoms with Crippen LogP contribution in [0.5, 0.6) is 11.5 Å². The van der Waals surface area contributed by atoms with E-state index in [2.05, 4.69) is 0 Å². The molecule has 1 aromatic carbocycles. The number of hydrogen-bond acceptors (Lipinski definition) is 6. The van der Waals surface area contributed by atoms with Crippen molar-refractivity contribution in [2.45, 2.75) is 6.92 Å². The number of benzene rings is 1. The highest BCUT2D eigenvalue weighted by atomic mass is 35.7. The molecule has 0 aliphatic heterocycles. The largest absolute Gasteiger partial charge is 0.493 e. The van der Waals surface area contributed by atoms with Gasteiger partial charge in [-0.05, 0) is 6.07 Å². The minimum absolute atomic E-state index is 0.0451. The lowest BCUT2D eigenvalue weighted by atomic mass is 10.2. The third-order valence-electron chi connectivity index (χ3n) is 2.36. The summed E-state index contributed by atoms with van der Waals surface area (Å²) in [6, 6.07) is 3.93. The first-order valence-corrected chi connectivity index (χ1v) is 8.08. The van der Waals surface area contributed by atoms with Gasteiger partial charge in [0.15, 0.2) is 11.5 Å². The summed E-state index contributed by atoms with van der Waals surface area (Å²) in [5.41, 5.74) is -0.140. The molecule has 1 atom stereocenters. The molecule has 1 aromatic rings. The van der Waals surface area contributed by atoms with Gasteiger partial charge in [-0.3, -0.25) is 10.1 Å². The van der Waals surface area contributed by atoms with E-state index in [1.165, 1.54) is 25.3 Å². The lowest BCUT2D eigenvalue weighted by molar-refractivity contribution is -0.385. The lowest BCUT2D eigenvalue weighted by Gasteiger charge is -2.13. The van der Waals surface area contributed by atoms with Crippen LogP contribution in [0.2, 0.25) is 0 Å². The Morgan fingerprint density at radius 3 is 2.55 bits per heavy atom. The molecule has 0 bridgehead atoms. The standard InChI is InChI=1S/C11H14ClNO6S/c1-8(7-20(12,16)17)6-19-11-5-9(13(14)15)3-4-10(11)18-2/h3-5,8H,6-7H2,1-2H3. The summed E-state index contributed by atoms with van der Waals surface area (Å²) in [4.78, 5) is 10.1. The predicted molar refractivity (Wildman–Crippen MR) is 73.9 cm³/mol. The Morgan fingerprint density at radius 2 is 2.05 bits per heavy atom. The van der Waals surface area contributed by atoms with Crippen molar-refractivity contribution in [2.75, 3.05) is 19.5 Å². The molecule has 0 aromatic heterocycles. The number of nitro benzene ring substituents is 1. The summed E-state index contributed by atoms with van der Waals surface area (Å²) < 4.78 is 32.2. The van der Waals surface area contributed by atoms with E-state index in [-0.39, 0.29) is 29.7 Å². The average molecular weight is 324 g/mol. The molecule has 7 nitrogen and oxygen atoms in total. The molecule has 0 spiro atoms. The van der Waals surface area contributed by atoms with Crippen molar-refractivity contribution in [2.24, 2.45) is 5.92 Å². The second-order valence-corrected chi connectivity index (χ2v) is 7.04. The number of methoxy groups -OCH3 is 1. The van der Waals surface area contributed by atoms with E-state index in [1.807, 2.05) is 0 Å². The van der Waals surface area contributed by atoms with Crippen molar-refractivity contribution >= 4 is 25.4 Å². The van der Waals surface area contributed by atoms with E-state index >= 15 is 0 Å². The van der Waals surface area contributed by atoms with Gasteiger partial charge in [-0.2, -0.15) is 0 Å². The van der Waals surface area contributed by atoms with Crippen molar-refractivity contribution in [3.63, 3.8) is 0 Å². The van der Waals surface area contributed by atoms with Crippen molar-refractivity contribution in [3.05, 3.63) is 28.3 Å². The summed E-state index contributed by atoms with van der Waals surface area (Å²) in [6.45, 7) is 1.69. The minimum Gasteiger partial charge on any atom is -0.493 e. The Labute approximate surface area is 121 Å². The van der Waals surface area contributed by atoms with Crippen LogP contribution >= 0.6 is 10.7 Å². The van der Waals surface area contributed by atoms with E-state index < -0.39 is 14.0 Å². The van der Waals surface area contributed by atoms with Crippen LogP contribution in [-0.4, -0.2) is 32.8 Å². The zero-order valence-electron chi connectivity index (χ0n) is 10.9. The first-order chi connectivity index (χ1) is 9.23. The van der Waals surface area contributed by atoms with Crippen LogP contribution in [0.25, 0.3) is 0 Å². The highest BCUT2D eigenvalue weighted by molar-refractivity contribution is 8.13. The van der Waals surface area contributed by atoms with E-state index in [1.54, 1.807) is 6.92 Å². The Hall–Kier alpha value is -1.54. The number of rotatable bonds is 7. The van der Waals surface area contributed by atoms with Crippen LogP contribution in [0, 0.1) is 16.0 Å². The van der Waals surface area contributed by atoms with Crippen molar-refractivity contribution in [3.8, 4) is 11.5 Å². The molecule has 0 amide bonds. The molecule has 0 N–H and O–H groups in total. The van der Waals surface area contributed by atoms with Crippen LogP contribution in [-0.2, 0) is 9.05 Å². The van der Waals surface area contributed by atoms with Crippen LogP contribution in [0.3, 0.4) is 0 Å². The third kappa shape index (κ3) is 5.22. The molecule has 0 radical (unpaired) electrons. The van der Waals surface area contributed by atoms with Crippen LogP contribution < -0.4 is 9.47 Å². The predicted octanol–water partition coefficient (Wildman–Crippen LogP) is 2.19. The first kappa shape index (κ1) is 16.5. The van der Waals surface area contributed by atoms with Gasteiger partial charge in [0, 0.05) is 22.7 Å². The molecule has 0 fully saturated rings. The maximum atomic E-state index is 10.9. The molecule has 0 saturated carbocycles. The fourth-order valence-corrected chi connectivity index (χ4v) is 2.93. The highest BCUT2D eigenvalue weighted by Crippen LogP contribution is 2.31. The molecule has 112 valence electrons. The molecular weight excluding hydrogens is 310 g/mol. The van der Waals surface area contributed by atoms with E-state index in [9.17, 15) is 18.5 Å². The monoisotopic (exact) mass is 323 g/mol. The Balaban J connectivity index is 2.80. The zero-order valence-corrected chi connectivity index (χ0v) is 12.5.